The second-order valence-corrected chi connectivity index (χ2v) is 7.68. The third-order valence-electron chi connectivity index (χ3n) is 4.15. The summed E-state index contributed by atoms with van der Waals surface area (Å²) in [6.45, 7) is 4.61. The van der Waals surface area contributed by atoms with Crippen LogP contribution < -0.4 is 10.2 Å². The van der Waals surface area contributed by atoms with Crippen LogP contribution in [0.3, 0.4) is 0 Å². The molecule has 0 saturated heterocycles. The van der Waals surface area contributed by atoms with Gasteiger partial charge in [0.25, 0.3) is 5.91 Å². The number of nitrogens with zero attached hydrogens (tertiary/aromatic N) is 2. The van der Waals surface area contributed by atoms with E-state index in [1.807, 2.05) is 55.8 Å². The zero-order valence-electron chi connectivity index (χ0n) is 15.9. The molecule has 1 aromatic heterocycles. The Morgan fingerprint density at radius 1 is 1.21 bits per heavy atom. The summed E-state index contributed by atoms with van der Waals surface area (Å²) in [6, 6.07) is 13.0. The Morgan fingerprint density at radius 2 is 1.89 bits per heavy atom. The quantitative estimate of drug-likeness (QED) is 0.437. The summed E-state index contributed by atoms with van der Waals surface area (Å²) in [5.74, 6) is 0.510. The van der Waals surface area contributed by atoms with E-state index in [2.05, 4.69) is 10.5 Å². The first-order valence-electron chi connectivity index (χ1n) is 8.86. The van der Waals surface area contributed by atoms with Gasteiger partial charge in [-0.15, -0.1) is 0 Å². The van der Waals surface area contributed by atoms with Crippen LogP contribution in [0.5, 0.6) is 5.75 Å². The van der Waals surface area contributed by atoms with Crippen molar-refractivity contribution in [3.05, 3.63) is 63.8 Å². The lowest BCUT2D eigenvalue weighted by atomic mass is 10.2. The molecule has 0 aliphatic rings. The minimum Gasteiger partial charge on any atom is -0.490 e. The Labute approximate surface area is 173 Å². The molecule has 0 atom stereocenters. The van der Waals surface area contributed by atoms with Gasteiger partial charge in [0.1, 0.15) is 5.69 Å². The lowest BCUT2D eigenvalue weighted by Crippen LogP contribution is -2.20. The summed E-state index contributed by atoms with van der Waals surface area (Å²) in [5, 5.41) is 5.81. The van der Waals surface area contributed by atoms with Gasteiger partial charge in [-0.1, -0.05) is 55.2 Å². The summed E-state index contributed by atoms with van der Waals surface area (Å²) in [7, 11) is 1.84. The van der Waals surface area contributed by atoms with E-state index in [1.54, 1.807) is 12.1 Å². The van der Waals surface area contributed by atoms with Gasteiger partial charge < -0.3 is 9.30 Å². The molecule has 7 heteroatoms. The number of rotatable bonds is 6. The standard InChI is InChI=1S/C21H21Cl2N3O2/c1-13(2)12-28-20-16(22)8-14(9-17(20)23)11-24-25-21(27)19-10-15-6-4-5-7-18(15)26(19)3/h4-11,13H,12H2,1-3H3,(H,25,27)/b24-11+. The number of carbonyl (C=O) groups is 1. The Hall–Kier alpha value is -2.50. The number of hydrogen-bond donors (Lipinski definition) is 1. The SMILES string of the molecule is CC(C)COc1c(Cl)cc(/C=N/NC(=O)c2cc3ccccc3n2C)cc1Cl. The molecule has 1 heterocycles. The first kappa shape index (κ1) is 20.2. The molecule has 3 aromatic rings. The van der Waals surface area contributed by atoms with E-state index in [9.17, 15) is 4.79 Å². The number of hydrazone groups is 1. The maximum Gasteiger partial charge on any atom is 0.287 e. The number of nitrogens with one attached hydrogen (secondary N) is 1. The predicted molar refractivity (Wildman–Crippen MR) is 115 cm³/mol. The zero-order valence-corrected chi connectivity index (χ0v) is 17.4. The van der Waals surface area contributed by atoms with Crippen LogP contribution in [0.4, 0.5) is 0 Å². The summed E-state index contributed by atoms with van der Waals surface area (Å²) in [6.07, 6.45) is 1.49. The minimum atomic E-state index is -0.302. The molecular weight excluding hydrogens is 397 g/mol. The van der Waals surface area contributed by atoms with E-state index < -0.39 is 0 Å². The van der Waals surface area contributed by atoms with Crippen molar-refractivity contribution < 1.29 is 9.53 Å². The third-order valence-corrected chi connectivity index (χ3v) is 4.71. The Kier molecular flexibility index (Phi) is 6.27. The van der Waals surface area contributed by atoms with Gasteiger partial charge in [0.05, 0.1) is 22.9 Å². The fourth-order valence-electron chi connectivity index (χ4n) is 2.77. The van der Waals surface area contributed by atoms with E-state index in [4.69, 9.17) is 27.9 Å². The predicted octanol–water partition coefficient (Wildman–Crippen LogP) is 5.28. The molecule has 0 radical (unpaired) electrons. The van der Waals surface area contributed by atoms with E-state index in [0.717, 1.165) is 10.9 Å². The Morgan fingerprint density at radius 3 is 2.54 bits per heavy atom. The number of carbonyl (C=O) groups excluding carboxylic acids is 1. The molecule has 146 valence electrons. The van der Waals surface area contributed by atoms with Gasteiger partial charge in [-0.05, 0) is 35.7 Å². The topological polar surface area (TPSA) is 55.6 Å². The van der Waals surface area contributed by atoms with Gasteiger partial charge in [-0.2, -0.15) is 5.10 Å². The summed E-state index contributed by atoms with van der Waals surface area (Å²) in [5.41, 5.74) is 4.69. The van der Waals surface area contributed by atoms with Crippen LogP contribution in [0, 0.1) is 5.92 Å². The second kappa shape index (κ2) is 8.67. The molecule has 0 saturated carbocycles. The molecule has 0 spiro atoms. The lowest BCUT2D eigenvalue weighted by molar-refractivity contribution is 0.0947. The van der Waals surface area contributed by atoms with Gasteiger partial charge in [0.2, 0.25) is 0 Å². The highest BCUT2D eigenvalue weighted by Crippen LogP contribution is 2.34. The molecule has 2 aromatic carbocycles. The zero-order chi connectivity index (χ0) is 20.3. The van der Waals surface area contributed by atoms with Crippen LogP contribution in [-0.4, -0.2) is 23.3 Å². The first-order chi connectivity index (χ1) is 13.4. The van der Waals surface area contributed by atoms with Crippen molar-refractivity contribution in [2.45, 2.75) is 13.8 Å². The van der Waals surface area contributed by atoms with Crippen molar-refractivity contribution in [2.24, 2.45) is 18.1 Å². The number of aromatic nitrogens is 1. The van der Waals surface area contributed by atoms with Crippen molar-refractivity contribution >= 4 is 46.2 Å². The van der Waals surface area contributed by atoms with Crippen LogP contribution in [0.25, 0.3) is 10.9 Å². The van der Waals surface area contributed by atoms with Crippen molar-refractivity contribution in [1.82, 2.24) is 9.99 Å². The molecule has 3 rings (SSSR count). The first-order valence-corrected chi connectivity index (χ1v) is 9.62. The van der Waals surface area contributed by atoms with Gasteiger partial charge in [0, 0.05) is 18.0 Å². The number of hydrogen-bond acceptors (Lipinski definition) is 3. The molecule has 5 nitrogen and oxygen atoms in total. The van der Waals surface area contributed by atoms with Crippen LogP contribution in [0.15, 0.2) is 47.6 Å². The number of ether oxygens (including phenoxy) is 1. The maximum absolute atomic E-state index is 12.4. The molecule has 1 amide bonds. The van der Waals surface area contributed by atoms with Crippen LogP contribution in [0.2, 0.25) is 10.0 Å². The van der Waals surface area contributed by atoms with Crippen molar-refractivity contribution in [3.63, 3.8) is 0 Å². The molecular formula is C21H21Cl2N3O2. The van der Waals surface area contributed by atoms with Gasteiger partial charge in [-0.3, -0.25) is 4.79 Å². The number of fused-ring (bicyclic) bond motifs is 1. The number of para-hydroxylation sites is 1. The number of aryl methyl sites for hydroxylation is 1. The highest BCUT2D eigenvalue weighted by molar-refractivity contribution is 6.37. The van der Waals surface area contributed by atoms with E-state index in [1.165, 1.54) is 6.21 Å². The fourth-order valence-corrected chi connectivity index (χ4v) is 3.38. The molecule has 0 unspecified atom stereocenters. The molecule has 0 aliphatic carbocycles. The average molecular weight is 418 g/mol. The highest BCUT2D eigenvalue weighted by atomic mass is 35.5. The molecule has 1 N–H and O–H groups in total. The lowest BCUT2D eigenvalue weighted by Gasteiger charge is -2.12. The average Bonchev–Trinajstić information content (AvgIpc) is 2.98. The van der Waals surface area contributed by atoms with E-state index >= 15 is 0 Å². The summed E-state index contributed by atoms with van der Waals surface area (Å²) in [4.78, 5) is 12.4. The maximum atomic E-state index is 12.4. The highest BCUT2D eigenvalue weighted by Gasteiger charge is 2.13. The Bertz CT molecular complexity index is 1020. The van der Waals surface area contributed by atoms with Crippen molar-refractivity contribution in [2.75, 3.05) is 6.61 Å². The van der Waals surface area contributed by atoms with Crippen LogP contribution >= 0.6 is 23.2 Å². The largest absolute Gasteiger partial charge is 0.490 e. The normalized spacial score (nSPS) is 11.5. The smallest absolute Gasteiger partial charge is 0.287 e. The number of halogens is 2. The van der Waals surface area contributed by atoms with Crippen molar-refractivity contribution in [3.8, 4) is 5.75 Å². The van der Waals surface area contributed by atoms with E-state index in [0.29, 0.717) is 39.6 Å². The van der Waals surface area contributed by atoms with Crippen LogP contribution in [-0.2, 0) is 7.05 Å². The number of benzene rings is 2. The summed E-state index contributed by atoms with van der Waals surface area (Å²) < 4.78 is 7.47. The third kappa shape index (κ3) is 4.49. The fraction of sp³-hybridized carbons (Fsp3) is 0.238. The van der Waals surface area contributed by atoms with Gasteiger partial charge in [-0.25, -0.2) is 5.43 Å². The second-order valence-electron chi connectivity index (χ2n) is 6.87. The van der Waals surface area contributed by atoms with Crippen molar-refractivity contribution in [1.29, 1.82) is 0 Å². The van der Waals surface area contributed by atoms with E-state index in [-0.39, 0.29) is 5.91 Å². The Balaban J connectivity index is 1.71. The molecule has 0 fully saturated rings. The van der Waals surface area contributed by atoms with Gasteiger partial charge in [0.15, 0.2) is 5.75 Å². The summed E-state index contributed by atoms with van der Waals surface area (Å²) >= 11 is 12.5. The molecule has 0 bridgehead atoms. The van der Waals surface area contributed by atoms with Crippen LogP contribution in [0.1, 0.15) is 29.9 Å². The minimum absolute atomic E-state index is 0.302. The molecule has 28 heavy (non-hydrogen) atoms. The monoisotopic (exact) mass is 417 g/mol. The molecule has 0 aliphatic heterocycles. The number of amides is 1. The van der Waals surface area contributed by atoms with Gasteiger partial charge >= 0.3 is 0 Å².